The van der Waals surface area contributed by atoms with Crippen molar-refractivity contribution in [3.63, 3.8) is 0 Å². The zero-order chi connectivity index (χ0) is 27.8. The molecule has 40 heavy (non-hydrogen) atoms. The number of rotatable bonds is 9. The highest BCUT2D eigenvalue weighted by Crippen LogP contribution is 2.53. The second kappa shape index (κ2) is 12.6. The van der Waals surface area contributed by atoms with Crippen LogP contribution in [0.15, 0.2) is 0 Å². The number of amides is 2. The highest BCUT2D eigenvalue weighted by molar-refractivity contribution is 5.82. The van der Waals surface area contributed by atoms with Crippen LogP contribution in [-0.2, 0) is 23.8 Å². The lowest BCUT2D eigenvalue weighted by Gasteiger charge is -2.53. The lowest BCUT2D eigenvalue weighted by molar-refractivity contribution is -0.713. The standard InChI is InChI=1S/C32H53N3O5/c1-19(9-10-20-7-5-4-6-8-20)34-27(36)18-40-21-11-13-25-24(17-21)22-15-16-33-29-23-12-14-26(38-2)31(39-3)28(23)32(37)35(25)30(22)29/h19-26,28-31,33H,4-18H2,1-3H3,(H,34,36)/p+1. The van der Waals surface area contributed by atoms with E-state index in [2.05, 4.69) is 22.5 Å². The fraction of sp³-hybridized carbons (Fsp3) is 0.938. The Morgan fingerprint density at radius 2 is 1.82 bits per heavy atom. The van der Waals surface area contributed by atoms with Crippen LogP contribution in [0.3, 0.4) is 0 Å². The van der Waals surface area contributed by atoms with E-state index < -0.39 is 0 Å². The Kier molecular flexibility index (Phi) is 9.07. The van der Waals surface area contributed by atoms with Crippen molar-refractivity contribution >= 4 is 11.8 Å². The van der Waals surface area contributed by atoms with Gasteiger partial charge in [-0.15, -0.1) is 0 Å². The van der Waals surface area contributed by atoms with Crippen molar-refractivity contribution in [3.05, 3.63) is 0 Å². The SMILES string of the molecule is COC1CCC2C3[NH2+]CCC4C5CC(OCC(=O)NC(C)CCC6CCCCC6)CCC5N(C(=O)C2C1OC)C43. The molecular formula is C32H54N3O5+. The molecule has 6 rings (SSSR count). The minimum atomic E-state index is -0.159. The van der Waals surface area contributed by atoms with E-state index in [4.69, 9.17) is 14.2 Å². The summed E-state index contributed by atoms with van der Waals surface area (Å²) >= 11 is 0. The van der Waals surface area contributed by atoms with Crippen LogP contribution in [-0.4, -0.2) is 86.6 Å². The van der Waals surface area contributed by atoms with E-state index in [0.29, 0.717) is 41.8 Å². The molecule has 8 nitrogen and oxygen atoms in total. The maximum absolute atomic E-state index is 14.2. The van der Waals surface area contributed by atoms with Crippen LogP contribution in [0.4, 0.5) is 0 Å². The number of ether oxygens (including phenoxy) is 3. The Balaban J connectivity index is 1.05. The highest BCUT2D eigenvalue weighted by Gasteiger charge is 2.66. The number of quaternary nitrogens is 1. The van der Waals surface area contributed by atoms with Crippen molar-refractivity contribution in [2.45, 2.75) is 133 Å². The molecule has 0 aromatic carbocycles. The molecule has 2 amide bonds. The summed E-state index contributed by atoms with van der Waals surface area (Å²) in [5, 5.41) is 5.73. The molecule has 3 saturated carbocycles. The van der Waals surface area contributed by atoms with E-state index >= 15 is 0 Å². The molecule has 11 atom stereocenters. The van der Waals surface area contributed by atoms with E-state index in [-0.39, 0.29) is 42.8 Å². The molecule has 3 aliphatic heterocycles. The highest BCUT2D eigenvalue weighted by atomic mass is 16.5. The zero-order valence-electron chi connectivity index (χ0n) is 25.1. The Bertz CT molecular complexity index is 896. The van der Waals surface area contributed by atoms with Gasteiger partial charge in [0.25, 0.3) is 0 Å². The van der Waals surface area contributed by atoms with Crippen LogP contribution in [0.5, 0.6) is 0 Å². The normalized spacial score (nSPS) is 42.1. The van der Waals surface area contributed by atoms with Gasteiger partial charge in [0, 0.05) is 38.6 Å². The number of fused-ring (bicyclic) bond motifs is 5. The first kappa shape index (κ1) is 28.9. The third kappa shape index (κ3) is 5.47. The van der Waals surface area contributed by atoms with Gasteiger partial charge < -0.3 is 29.7 Å². The van der Waals surface area contributed by atoms with Crippen molar-refractivity contribution in [1.29, 1.82) is 0 Å². The molecule has 3 saturated heterocycles. The molecule has 0 radical (unpaired) electrons. The van der Waals surface area contributed by atoms with E-state index in [9.17, 15) is 9.59 Å². The smallest absolute Gasteiger partial charge is 0.246 e. The molecular weight excluding hydrogens is 506 g/mol. The molecule has 226 valence electrons. The predicted molar refractivity (Wildman–Crippen MR) is 151 cm³/mol. The van der Waals surface area contributed by atoms with Crippen molar-refractivity contribution in [2.24, 2.45) is 29.6 Å². The second-order valence-corrected chi connectivity index (χ2v) is 14.1. The van der Waals surface area contributed by atoms with Crippen LogP contribution in [0.2, 0.25) is 0 Å². The zero-order valence-corrected chi connectivity index (χ0v) is 25.1. The first-order valence-corrected chi connectivity index (χ1v) is 16.6. The van der Waals surface area contributed by atoms with Crippen LogP contribution in [0.25, 0.3) is 0 Å². The summed E-state index contributed by atoms with van der Waals surface area (Å²) in [5.74, 6) is 2.47. The van der Waals surface area contributed by atoms with Crippen molar-refractivity contribution in [3.8, 4) is 0 Å². The van der Waals surface area contributed by atoms with Gasteiger partial charge in [-0.1, -0.05) is 32.1 Å². The number of carbonyl (C=O) groups excluding carboxylic acids is 2. The summed E-state index contributed by atoms with van der Waals surface area (Å²) in [5.41, 5.74) is 0. The van der Waals surface area contributed by atoms with Crippen LogP contribution in [0, 0.1) is 29.6 Å². The van der Waals surface area contributed by atoms with E-state index in [1.807, 2.05) is 0 Å². The number of nitrogens with two attached hydrogens (primary N) is 1. The first-order chi connectivity index (χ1) is 19.5. The number of nitrogens with zero attached hydrogens (tertiary/aromatic N) is 1. The summed E-state index contributed by atoms with van der Waals surface area (Å²) in [4.78, 5) is 29.3. The van der Waals surface area contributed by atoms with E-state index in [0.717, 1.165) is 51.0 Å². The van der Waals surface area contributed by atoms with Crippen LogP contribution in [0.1, 0.15) is 90.4 Å². The third-order valence-corrected chi connectivity index (χ3v) is 12.0. The molecule has 0 bridgehead atoms. The molecule has 3 aliphatic carbocycles. The largest absolute Gasteiger partial charge is 0.379 e. The molecule has 0 spiro atoms. The van der Waals surface area contributed by atoms with Gasteiger partial charge in [0.1, 0.15) is 12.6 Å². The van der Waals surface area contributed by atoms with Gasteiger partial charge in [-0.25, -0.2) is 0 Å². The van der Waals surface area contributed by atoms with Gasteiger partial charge in [-0.3, -0.25) is 9.59 Å². The van der Waals surface area contributed by atoms with Gasteiger partial charge in [0.2, 0.25) is 11.8 Å². The number of nitrogens with one attached hydrogen (secondary N) is 1. The van der Waals surface area contributed by atoms with Crippen LogP contribution >= 0.6 is 0 Å². The predicted octanol–water partition coefficient (Wildman–Crippen LogP) is 2.64. The summed E-state index contributed by atoms with van der Waals surface area (Å²) < 4.78 is 18.0. The lowest BCUT2D eigenvalue weighted by atomic mass is 9.64. The molecule has 6 fully saturated rings. The number of methoxy groups -OCH3 is 2. The second-order valence-electron chi connectivity index (χ2n) is 14.1. The summed E-state index contributed by atoms with van der Waals surface area (Å²) in [6.07, 6.45) is 15.1. The number of carbonyl (C=O) groups is 2. The van der Waals surface area contributed by atoms with Gasteiger partial charge in [0.15, 0.2) is 0 Å². The molecule has 3 N–H and O–H groups in total. The topological polar surface area (TPSA) is 93.7 Å². The fourth-order valence-electron chi connectivity index (χ4n) is 10.2. The Morgan fingerprint density at radius 1 is 1.00 bits per heavy atom. The maximum atomic E-state index is 14.2. The van der Waals surface area contributed by atoms with Gasteiger partial charge >= 0.3 is 0 Å². The van der Waals surface area contributed by atoms with Crippen molar-refractivity contribution in [1.82, 2.24) is 10.2 Å². The summed E-state index contributed by atoms with van der Waals surface area (Å²) in [6.45, 7) is 3.42. The molecule has 3 heterocycles. The lowest BCUT2D eigenvalue weighted by Crippen LogP contribution is -2.99. The monoisotopic (exact) mass is 560 g/mol. The molecule has 0 aromatic heterocycles. The van der Waals surface area contributed by atoms with Crippen molar-refractivity contribution in [2.75, 3.05) is 27.4 Å². The Labute approximate surface area is 241 Å². The molecule has 11 unspecified atom stereocenters. The maximum Gasteiger partial charge on any atom is 0.246 e. The average molecular weight is 561 g/mol. The molecule has 0 aromatic rings. The Hall–Kier alpha value is -1.22. The first-order valence-electron chi connectivity index (χ1n) is 16.6. The van der Waals surface area contributed by atoms with E-state index in [1.165, 1.54) is 44.9 Å². The summed E-state index contributed by atoms with van der Waals surface area (Å²) in [7, 11) is 3.50. The van der Waals surface area contributed by atoms with Gasteiger partial charge in [0.05, 0.1) is 36.8 Å². The minimum Gasteiger partial charge on any atom is -0.379 e. The minimum absolute atomic E-state index is 0.00482. The Morgan fingerprint density at radius 3 is 2.60 bits per heavy atom. The van der Waals surface area contributed by atoms with E-state index in [1.54, 1.807) is 14.2 Å². The number of hydrogen-bond donors (Lipinski definition) is 2. The third-order valence-electron chi connectivity index (χ3n) is 12.0. The quantitative estimate of drug-likeness (QED) is 0.452. The van der Waals surface area contributed by atoms with Gasteiger partial charge in [-0.05, 0) is 69.6 Å². The van der Waals surface area contributed by atoms with Crippen LogP contribution < -0.4 is 10.6 Å². The number of piperidine rings is 2. The fourth-order valence-corrected chi connectivity index (χ4v) is 10.2. The molecule has 8 heteroatoms. The van der Waals surface area contributed by atoms with Crippen molar-refractivity contribution < 1.29 is 29.1 Å². The van der Waals surface area contributed by atoms with Gasteiger partial charge in [-0.2, -0.15) is 0 Å². The number of hydrogen-bond acceptors (Lipinski definition) is 5. The molecule has 6 aliphatic rings. The average Bonchev–Trinajstić information content (AvgIpc) is 3.32. The summed E-state index contributed by atoms with van der Waals surface area (Å²) in [6, 6.07) is 1.30.